The Labute approximate surface area is 237 Å². The van der Waals surface area contributed by atoms with E-state index in [4.69, 9.17) is 0 Å². The van der Waals surface area contributed by atoms with Crippen LogP contribution in [0.5, 0.6) is 0 Å². The summed E-state index contributed by atoms with van der Waals surface area (Å²) in [5, 5.41) is 3.45. The van der Waals surface area contributed by atoms with Crippen LogP contribution in [0.25, 0.3) is 5.57 Å². The third-order valence-corrected chi connectivity index (χ3v) is 8.76. The minimum atomic E-state index is -4.20. The number of nitrogens with zero attached hydrogens (tertiary/aromatic N) is 5. The molecular formula is C27H38F3N7O3S. The number of rotatable bonds is 8. The molecule has 2 heterocycles. The molecule has 0 amide bonds. The van der Waals surface area contributed by atoms with E-state index < -0.39 is 39.5 Å². The van der Waals surface area contributed by atoms with Crippen LogP contribution in [0.15, 0.2) is 38.5 Å². The number of halogens is 3. The highest BCUT2D eigenvalue weighted by Gasteiger charge is 2.27. The second-order valence-corrected chi connectivity index (χ2v) is 13.3. The normalized spacial score (nSPS) is 22.9. The van der Waals surface area contributed by atoms with E-state index in [2.05, 4.69) is 39.3 Å². The highest BCUT2D eigenvalue weighted by molar-refractivity contribution is 7.89. The maximum atomic E-state index is 15.0. The number of aromatic nitrogens is 2. The van der Waals surface area contributed by atoms with Gasteiger partial charge >= 0.3 is 0 Å². The molecule has 0 radical (unpaired) electrons. The van der Waals surface area contributed by atoms with E-state index >= 15 is 0 Å². The summed E-state index contributed by atoms with van der Waals surface area (Å²) in [6, 6.07) is 0.526. The fourth-order valence-corrected chi connectivity index (χ4v) is 6.41. The molecule has 3 aliphatic rings. The van der Waals surface area contributed by atoms with E-state index in [0.717, 1.165) is 31.8 Å². The van der Waals surface area contributed by atoms with Gasteiger partial charge in [-0.3, -0.25) is 14.1 Å². The Kier molecular flexibility index (Phi) is 9.12. The van der Waals surface area contributed by atoms with Crippen LogP contribution in [0.4, 0.5) is 13.2 Å². The number of sulfonamides is 1. The molecule has 0 bridgehead atoms. The van der Waals surface area contributed by atoms with Crippen LogP contribution < -0.4 is 26.4 Å². The van der Waals surface area contributed by atoms with Crippen molar-refractivity contribution in [2.75, 3.05) is 19.8 Å². The molecule has 1 aliphatic heterocycles. The van der Waals surface area contributed by atoms with E-state index in [1.54, 1.807) is 0 Å². The minimum Gasteiger partial charge on any atom is -0.352 e. The van der Waals surface area contributed by atoms with Gasteiger partial charge in [-0.15, -0.1) is 0 Å². The molecule has 41 heavy (non-hydrogen) atoms. The van der Waals surface area contributed by atoms with Crippen molar-refractivity contribution < 1.29 is 21.6 Å². The van der Waals surface area contributed by atoms with Gasteiger partial charge in [-0.2, -0.15) is 4.99 Å². The number of hydrogen-bond acceptors (Lipinski definition) is 8. The number of aliphatic imine (C=N–C) groups is 1. The van der Waals surface area contributed by atoms with E-state index in [9.17, 15) is 26.4 Å². The number of guanidine groups is 1. The monoisotopic (exact) mass is 597 g/mol. The smallest absolute Gasteiger partial charge is 0.278 e. The first-order valence-corrected chi connectivity index (χ1v) is 15.5. The Morgan fingerprint density at radius 2 is 1.88 bits per heavy atom. The fourth-order valence-electron chi connectivity index (χ4n) is 5.16. The summed E-state index contributed by atoms with van der Waals surface area (Å²) in [4.78, 5) is 29.5. The molecular weight excluding hydrogens is 559 g/mol. The molecule has 1 aromatic rings. The Balaban J connectivity index is 1.60. The standard InChI is InChI=1S/C27H38F3N7O3S/c1-16(2)37-24-22(15-31-26(34-24)32-18-7-9-19(10-8-18)36(4)5)33-23(25(37)38)17-6-11-21(20(28)14-17)35-41(39,40)13-12-27(3,29)30/h11,14,16,18-19,35H,6-10,12-13,15H2,1-5H3,(H,31,32). The van der Waals surface area contributed by atoms with Crippen LogP contribution in [-0.2, 0) is 16.6 Å². The molecule has 0 aromatic carbocycles. The maximum Gasteiger partial charge on any atom is 0.278 e. The van der Waals surface area contributed by atoms with Gasteiger partial charge < -0.3 is 10.2 Å². The number of fused-ring (bicyclic) bond motifs is 1. The maximum absolute atomic E-state index is 15.0. The molecule has 10 nitrogen and oxygen atoms in total. The van der Waals surface area contributed by atoms with Gasteiger partial charge in [-0.05, 0) is 78.6 Å². The van der Waals surface area contributed by atoms with Gasteiger partial charge in [0.05, 0.1) is 18.0 Å². The Hall–Kier alpha value is -3.00. The van der Waals surface area contributed by atoms with E-state index in [1.807, 2.05) is 18.6 Å². The third-order valence-electron chi connectivity index (χ3n) is 7.49. The number of hydrogen-bond donors (Lipinski definition) is 2. The number of nitrogens with one attached hydrogen (secondary N) is 2. The third kappa shape index (κ3) is 7.64. The molecule has 1 aromatic heterocycles. The van der Waals surface area contributed by atoms with Crippen LogP contribution in [0, 0.1) is 0 Å². The highest BCUT2D eigenvalue weighted by Crippen LogP contribution is 2.24. The van der Waals surface area contributed by atoms with Crippen LogP contribution in [0.2, 0.25) is 0 Å². The average Bonchev–Trinajstić information content (AvgIpc) is 2.88. The molecule has 0 atom stereocenters. The van der Waals surface area contributed by atoms with Crippen LogP contribution in [-0.4, -0.2) is 66.7 Å². The van der Waals surface area contributed by atoms with E-state index in [1.165, 1.54) is 10.6 Å². The van der Waals surface area contributed by atoms with Crippen molar-refractivity contribution in [3.8, 4) is 0 Å². The van der Waals surface area contributed by atoms with Crippen LogP contribution in [0.3, 0.4) is 0 Å². The number of allylic oxidation sites excluding steroid dienone is 3. The summed E-state index contributed by atoms with van der Waals surface area (Å²) in [5.74, 6) is -4.50. The first kappa shape index (κ1) is 30.9. The van der Waals surface area contributed by atoms with Crippen molar-refractivity contribution in [2.45, 2.75) is 89.9 Å². The quantitative estimate of drug-likeness (QED) is 0.473. The zero-order chi connectivity index (χ0) is 30.1. The van der Waals surface area contributed by atoms with Gasteiger partial charge in [0.1, 0.15) is 16.9 Å². The second kappa shape index (κ2) is 12.1. The Morgan fingerprint density at radius 1 is 1.20 bits per heavy atom. The largest absolute Gasteiger partial charge is 0.352 e. The van der Waals surface area contributed by atoms with Crippen molar-refractivity contribution in [1.82, 2.24) is 24.5 Å². The summed E-state index contributed by atoms with van der Waals surface area (Å²) in [5.41, 5.74) is 0.346. The van der Waals surface area contributed by atoms with Gasteiger partial charge in [0.2, 0.25) is 21.9 Å². The molecule has 2 aliphatic carbocycles. The lowest BCUT2D eigenvalue weighted by Crippen LogP contribution is -2.51. The summed E-state index contributed by atoms with van der Waals surface area (Å²) in [6.45, 7) is 4.50. The first-order valence-electron chi connectivity index (χ1n) is 13.8. The Morgan fingerprint density at radius 3 is 2.46 bits per heavy atom. The number of alkyl halides is 2. The zero-order valence-electron chi connectivity index (χ0n) is 24.0. The topological polar surface area (TPSA) is 121 Å². The van der Waals surface area contributed by atoms with Crippen molar-refractivity contribution in [3.63, 3.8) is 0 Å². The van der Waals surface area contributed by atoms with Crippen molar-refractivity contribution >= 4 is 21.6 Å². The van der Waals surface area contributed by atoms with Crippen molar-refractivity contribution in [2.24, 2.45) is 9.98 Å². The summed E-state index contributed by atoms with van der Waals surface area (Å²) >= 11 is 0. The lowest BCUT2D eigenvalue weighted by atomic mass is 9.90. The van der Waals surface area contributed by atoms with Gasteiger partial charge in [0, 0.05) is 24.5 Å². The summed E-state index contributed by atoms with van der Waals surface area (Å²) < 4.78 is 69.1. The van der Waals surface area contributed by atoms with Crippen LogP contribution in [0.1, 0.15) is 71.0 Å². The van der Waals surface area contributed by atoms with Crippen molar-refractivity contribution in [1.29, 1.82) is 0 Å². The minimum absolute atomic E-state index is 0.0111. The second-order valence-electron chi connectivity index (χ2n) is 11.4. The summed E-state index contributed by atoms with van der Waals surface area (Å²) in [7, 11) is -0.0110. The predicted molar refractivity (Wildman–Crippen MR) is 151 cm³/mol. The Bertz CT molecular complexity index is 1550. The molecule has 4 rings (SSSR count). The average molecular weight is 598 g/mol. The molecule has 1 saturated carbocycles. The van der Waals surface area contributed by atoms with Gasteiger partial charge in [-0.1, -0.05) is 6.08 Å². The molecule has 2 N–H and O–H groups in total. The lowest BCUT2D eigenvalue weighted by Gasteiger charge is -2.33. The van der Waals surface area contributed by atoms with Gasteiger partial charge in [0.15, 0.2) is 5.49 Å². The molecule has 0 spiro atoms. The van der Waals surface area contributed by atoms with E-state index in [0.29, 0.717) is 30.1 Å². The summed E-state index contributed by atoms with van der Waals surface area (Å²) in [6.07, 6.45) is 5.56. The SMILES string of the molecule is CC(C)n1c2c(nc(=C3C=C(F)C(NS(=O)(=O)CCC(C)(F)F)=CC3)c1=O)CN=C(NC1CCC(N(C)C)CC1)N=2. The van der Waals surface area contributed by atoms with Gasteiger partial charge in [-0.25, -0.2) is 31.6 Å². The zero-order valence-corrected chi connectivity index (χ0v) is 24.9. The molecule has 226 valence electrons. The van der Waals surface area contributed by atoms with E-state index in [-0.39, 0.29) is 41.7 Å². The van der Waals surface area contributed by atoms with Gasteiger partial charge in [0.25, 0.3) is 5.56 Å². The first-order chi connectivity index (χ1) is 19.1. The fraction of sp³-hybridized carbons (Fsp3) is 0.630. The van der Waals surface area contributed by atoms with Crippen molar-refractivity contribution in [3.05, 3.63) is 50.6 Å². The van der Waals surface area contributed by atoms with Crippen LogP contribution >= 0.6 is 0 Å². The predicted octanol–water partition coefficient (Wildman–Crippen LogP) is 2.03. The molecule has 0 saturated heterocycles. The molecule has 1 fully saturated rings. The highest BCUT2D eigenvalue weighted by atomic mass is 32.2. The molecule has 0 unspecified atom stereocenters. The molecule has 14 heteroatoms. The lowest BCUT2D eigenvalue weighted by molar-refractivity contribution is 0.0189.